The Morgan fingerprint density at radius 1 is 1.36 bits per heavy atom. The highest BCUT2D eigenvalue weighted by Gasteiger charge is 2.36. The fraction of sp³-hybridized carbons (Fsp3) is 0.412. The molecule has 0 aliphatic carbocycles. The number of hydrogen-bond donors (Lipinski definition) is 1. The van der Waals surface area contributed by atoms with Crippen molar-refractivity contribution in [2.75, 3.05) is 20.8 Å². The van der Waals surface area contributed by atoms with E-state index in [-0.39, 0.29) is 11.6 Å². The molecule has 0 radical (unpaired) electrons. The van der Waals surface area contributed by atoms with Crippen molar-refractivity contribution in [3.05, 3.63) is 46.7 Å². The van der Waals surface area contributed by atoms with Crippen LogP contribution < -0.4 is 5.32 Å². The van der Waals surface area contributed by atoms with Gasteiger partial charge < -0.3 is 19.7 Å². The van der Waals surface area contributed by atoms with Gasteiger partial charge in [-0.3, -0.25) is 0 Å². The SMILES string of the molecule is COC[C@@H](C)N1C(=S)N[C@@H](c2ccc(F)c(F)c2)C(C(=O)OC)=C1C. The molecule has 1 aromatic carbocycles. The van der Waals surface area contributed by atoms with Crippen LogP contribution in [0.25, 0.3) is 0 Å². The zero-order valence-corrected chi connectivity index (χ0v) is 15.2. The standard InChI is InChI=1S/C17H20F2N2O3S/c1-9(8-23-3)21-10(2)14(16(22)24-4)15(20-17(21)25)11-5-6-12(18)13(19)7-11/h5-7,9,15H,8H2,1-4H3,(H,20,25)/t9-,15+/m1/s1. The topological polar surface area (TPSA) is 50.8 Å². The first-order valence-corrected chi connectivity index (χ1v) is 8.05. The highest BCUT2D eigenvalue weighted by atomic mass is 32.1. The molecule has 5 nitrogen and oxygen atoms in total. The number of halogens is 2. The number of esters is 1. The molecule has 0 saturated heterocycles. The van der Waals surface area contributed by atoms with Gasteiger partial charge in [0.25, 0.3) is 0 Å². The molecule has 1 aliphatic rings. The maximum atomic E-state index is 13.6. The van der Waals surface area contributed by atoms with E-state index in [9.17, 15) is 13.6 Å². The first kappa shape index (κ1) is 19.3. The van der Waals surface area contributed by atoms with Crippen LogP contribution in [0.3, 0.4) is 0 Å². The van der Waals surface area contributed by atoms with Crippen LogP contribution in [0.1, 0.15) is 25.5 Å². The van der Waals surface area contributed by atoms with Crippen molar-refractivity contribution in [3.8, 4) is 0 Å². The summed E-state index contributed by atoms with van der Waals surface area (Å²) in [6, 6.07) is 2.60. The van der Waals surface area contributed by atoms with E-state index in [2.05, 4.69) is 5.32 Å². The molecular weight excluding hydrogens is 350 g/mol. The van der Waals surface area contributed by atoms with Crippen molar-refractivity contribution in [2.24, 2.45) is 0 Å². The molecule has 0 saturated carbocycles. The summed E-state index contributed by atoms with van der Waals surface area (Å²) in [5.74, 6) is -2.53. The number of nitrogens with zero attached hydrogens (tertiary/aromatic N) is 1. The molecule has 0 fully saturated rings. The Hall–Kier alpha value is -2.06. The molecule has 8 heteroatoms. The van der Waals surface area contributed by atoms with Crippen LogP contribution >= 0.6 is 12.2 Å². The minimum absolute atomic E-state index is 0.129. The molecule has 2 atom stereocenters. The lowest BCUT2D eigenvalue weighted by molar-refractivity contribution is -0.136. The summed E-state index contributed by atoms with van der Waals surface area (Å²) in [5, 5.41) is 3.38. The lowest BCUT2D eigenvalue weighted by atomic mass is 9.94. The highest BCUT2D eigenvalue weighted by Crippen LogP contribution is 2.33. The van der Waals surface area contributed by atoms with Crippen LogP contribution in [0.15, 0.2) is 29.5 Å². The minimum Gasteiger partial charge on any atom is -0.466 e. The molecule has 0 amide bonds. The summed E-state index contributed by atoms with van der Waals surface area (Å²) >= 11 is 5.41. The van der Waals surface area contributed by atoms with E-state index in [4.69, 9.17) is 21.7 Å². The van der Waals surface area contributed by atoms with Gasteiger partial charge in [-0.05, 0) is 43.8 Å². The third-order valence-electron chi connectivity index (χ3n) is 4.06. The Labute approximate surface area is 150 Å². The Kier molecular flexibility index (Phi) is 6.07. The van der Waals surface area contributed by atoms with Crippen LogP contribution in [-0.2, 0) is 14.3 Å². The molecule has 1 heterocycles. The van der Waals surface area contributed by atoms with Gasteiger partial charge in [0.15, 0.2) is 16.7 Å². The van der Waals surface area contributed by atoms with Gasteiger partial charge >= 0.3 is 5.97 Å². The fourth-order valence-electron chi connectivity index (χ4n) is 2.92. The zero-order chi connectivity index (χ0) is 18.7. The van der Waals surface area contributed by atoms with E-state index in [1.54, 1.807) is 18.9 Å². The molecule has 0 unspecified atom stereocenters. The monoisotopic (exact) mass is 370 g/mol. The summed E-state index contributed by atoms with van der Waals surface area (Å²) in [6.45, 7) is 4.02. The fourth-order valence-corrected chi connectivity index (χ4v) is 3.35. The number of nitrogens with one attached hydrogen (secondary N) is 1. The van der Waals surface area contributed by atoms with Crippen molar-refractivity contribution in [2.45, 2.75) is 25.9 Å². The third-order valence-corrected chi connectivity index (χ3v) is 4.37. The van der Waals surface area contributed by atoms with E-state index < -0.39 is 23.6 Å². The summed E-state index contributed by atoms with van der Waals surface area (Å²) in [4.78, 5) is 14.1. The summed E-state index contributed by atoms with van der Waals surface area (Å²) in [6.07, 6.45) is 0. The lowest BCUT2D eigenvalue weighted by Crippen LogP contribution is -2.52. The van der Waals surface area contributed by atoms with E-state index in [1.807, 2.05) is 6.92 Å². The zero-order valence-electron chi connectivity index (χ0n) is 14.4. The molecule has 25 heavy (non-hydrogen) atoms. The molecular formula is C17H20F2N2O3S. The first-order valence-electron chi connectivity index (χ1n) is 7.64. The van der Waals surface area contributed by atoms with Gasteiger partial charge in [-0.15, -0.1) is 0 Å². The van der Waals surface area contributed by atoms with Gasteiger partial charge in [-0.2, -0.15) is 0 Å². The van der Waals surface area contributed by atoms with E-state index >= 15 is 0 Å². The first-order chi connectivity index (χ1) is 11.8. The number of hydrogen-bond acceptors (Lipinski definition) is 4. The smallest absolute Gasteiger partial charge is 0.337 e. The van der Waals surface area contributed by atoms with E-state index in [0.717, 1.165) is 12.1 Å². The predicted molar refractivity (Wildman–Crippen MR) is 92.7 cm³/mol. The van der Waals surface area contributed by atoms with Gasteiger partial charge in [0, 0.05) is 12.8 Å². The van der Waals surface area contributed by atoms with E-state index in [1.165, 1.54) is 13.2 Å². The van der Waals surface area contributed by atoms with Gasteiger partial charge in [0.05, 0.1) is 31.4 Å². The van der Waals surface area contributed by atoms with Crippen molar-refractivity contribution in [3.63, 3.8) is 0 Å². The van der Waals surface area contributed by atoms with Gasteiger partial charge in [0.2, 0.25) is 0 Å². The third kappa shape index (κ3) is 3.80. The number of allylic oxidation sites excluding steroid dienone is 1. The Bertz CT molecular complexity index is 724. The molecule has 0 aromatic heterocycles. The molecule has 136 valence electrons. The lowest BCUT2D eigenvalue weighted by Gasteiger charge is -2.40. The van der Waals surface area contributed by atoms with Gasteiger partial charge in [-0.1, -0.05) is 6.07 Å². The quantitative estimate of drug-likeness (QED) is 0.635. The normalized spacial score (nSPS) is 18.9. The van der Waals surface area contributed by atoms with Crippen LogP contribution in [-0.4, -0.2) is 42.8 Å². The second kappa shape index (κ2) is 7.88. The maximum absolute atomic E-state index is 13.6. The van der Waals surface area contributed by atoms with Crippen LogP contribution in [0.4, 0.5) is 8.78 Å². The molecule has 0 spiro atoms. The predicted octanol–water partition coefficient (Wildman–Crippen LogP) is 2.68. The summed E-state index contributed by atoms with van der Waals surface area (Å²) in [5.41, 5.74) is 1.24. The molecule has 1 aromatic rings. The number of rotatable bonds is 5. The molecule has 1 aliphatic heterocycles. The molecule has 2 rings (SSSR count). The van der Waals surface area contributed by atoms with Crippen LogP contribution in [0.5, 0.6) is 0 Å². The van der Waals surface area contributed by atoms with E-state index in [0.29, 0.717) is 23.0 Å². The van der Waals surface area contributed by atoms with Crippen molar-refractivity contribution >= 4 is 23.3 Å². The summed E-state index contributed by atoms with van der Waals surface area (Å²) in [7, 11) is 2.84. The number of carbonyl (C=O) groups is 1. The van der Waals surface area contributed by atoms with Crippen LogP contribution in [0, 0.1) is 11.6 Å². The Morgan fingerprint density at radius 2 is 2.04 bits per heavy atom. The highest BCUT2D eigenvalue weighted by molar-refractivity contribution is 7.80. The van der Waals surface area contributed by atoms with Crippen molar-refractivity contribution < 1.29 is 23.0 Å². The number of carbonyl (C=O) groups excluding carboxylic acids is 1. The Balaban J connectivity index is 2.55. The summed E-state index contributed by atoms with van der Waals surface area (Å²) < 4.78 is 36.9. The largest absolute Gasteiger partial charge is 0.466 e. The number of methoxy groups -OCH3 is 2. The Morgan fingerprint density at radius 3 is 2.60 bits per heavy atom. The molecule has 1 N–H and O–H groups in total. The van der Waals surface area contributed by atoms with Crippen molar-refractivity contribution in [1.29, 1.82) is 0 Å². The average molecular weight is 370 g/mol. The number of thiocarbonyl (C=S) groups is 1. The van der Waals surface area contributed by atoms with Crippen molar-refractivity contribution in [1.82, 2.24) is 10.2 Å². The number of ether oxygens (including phenoxy) is 2. The average Bonchev–Trinajstić information content (AvgIpc) is 2.56. The van der Waals surface area contributed by atoms with Crippen LogP contribution in [0.2, 0.25) is 0 Å². The minimum atomic E-state index is -0.998. The second-order valence-electron chi connectivity index (χ2n) is 5.72. The number of benzene rings is 1. The maximum Gasteiger partial charge on any atom is 0.337 e. The van der Waals surface area contributed by atoms with Gasteiger partial charge in [-0.25, -0.2) is 13.6 Å². The second-order valence-corrected chi connectivity index (χ2v) is 6.11. The molecule has 0 bridgehead atoms. The van der Waals surface area contributed by atoms with Gasteiger partial charge in [0.1, 0.15) is 0 Å².